The van der Waals surface area contributed by atoms with Gasteiger partial charge >= 0.3 is 0 Å². The third-order valence-electron chi connectivity index (χ3n) is 4.51. The number of hydrogen-bond acceptors (Lipinski definition) is 5. The van der Waals surface area contributed by atoms with Crippen LogP contribution < -0.4 is 10.1 Å². The average molecular weight is 412 g/mol. The summed E-state index contributed by atoms with van der Waals surface area (Å²) in [6.45, 7) is 0. The van der Waals surface area contributed by atoms with Crippen LogP contribution in [-0.4, -0.2) is 42.9 Å². The Balaban J connectivity index is 1.53. The first kappa shape index (κ1) is 20.8. The number of aryl methyl sites for hydroxylation is 1. The number of carbonyl (C=O) groups excluding carboxylic acids is 2. The number of amides is 2. The van der Waals surface area contributed by atoms with Crippen molar-refractivity contribution in [2.24, 2.45) is 0 Å². The van der Waals surface area contributed by atoms with Gasteiger partial charge in [-0.1, -0.05) is 12.1 Å². The first-order valence-corrected chi connectivity index (χ1v) is 10.3. The van der Waals surface area contributed by atoms with Crippen LogP contribution in [0.15, 0.2) is 42.5 Å². The van der Waals surface area contributed by atoms with E-state index < -0.39 is 0 Å². The third kappa shape index (κ3) is 5.32. The average Bonchev–Trinajstić information content (AvgIpc) is 3.13. The Morgan fingerprint density at radius 2 is 1.93 bits per heavy atom. The van der Waals surface area contributed by atoms with Crippen molar-refractivity contribution in [1.82, 2.24) is 9.88 Å². The molecule has 7 heteroatoms. The van der Waals surface area contributed by atoms with Gasteiger partial charge in [-0.25, -0.2) is 4.98 Å². The van der Waals surface area contributed by atoms with E-state index in [-0.39, 0.29) is 11.8 Å². The number of para-hydroxylation sites is 1. The maximum atomic E-state index is 12.4. The molecule has 2 amide bonds. The topological polar surface area (TPSA) is 71.5 Å². The van der Waals surface area contributed by atoms with Gasteiger partial charge in [0.25, 0.3) is 5.91 Å². The number of fused-ring (bicyclic) bond motifs is 1. The van der Waals surface area contributed by atoms with Crippen LogP contribution in [0.25, 0.3) is 10.2 Å². The van der Waals surface area contributed by atoms with Gasteiger partial charge in [0.05, 0.1) is 28.0 Å². The Morgan fingerprint density at radius 1 is 1.14 bits per heavy atom. The fourth-order valence-corrected chi connectivity index (χ4v) is 4.01. The second-order valence-corrected chi connectivity index (χ2v) is 8.06. The van der Waals surface area contributed by atoms with Gasteiger partial charge in [-0.15, -0.1) is 11.3 Å². The van der Waals surface area contributed by atoms with Crippen LogP contribution in [0.2, 0.25) is 0 Å². The number of benzene rings is 2. The lowest BCUT2D eigenvalue weighted by Gasteiger charge is -2.14. The number of nitrogens with zero attached hydrogens (tertiary/aromatic N) is 2. The fraction of sp³-hybridized carbons (Fsp3) is 0.318. The fourth-order valence-electron chi connectivity index (χ4n) is 3.00. The summed E-state index contributed by atoms with van der Waals surface area (Å²) >= 11 is 1.71. The normalized spacial score (nSPS) is 10.7. The van der Waals surface area contributed by atoms with Crippen LogP contribution in [0.1, 0.15) is 34.6 Å². The number of methoxy groups -OCH3 is 1. The van der Waals surface area contributed by atoms with Gasteiger partial charge in [-0.05, 0) is 49.6 Å². The summed E-state index contributed by atoms with van der Waals surface area (Å²) in [6, 6.07) is 13.1. The van der Waals surface area contributed by atoms with E-state index in [1.54, 1.807) is 43.6 Å². The van der Waals surface area contributed by atoms with Gasteiger partial charge in [-0.2, -0.15) is 0 Å². The van der Waals surface area contributed by atoms with Crippen LogP contribution in [0.3, 0.4) is 0 Å². The number of anilines is 1. The monoisotopic (exact) mass is 411 g/mol. The van der Waals surface area contributed by atoms with Crippen molar-refractivity contribution in [2.75, 3.05) is 26.5 Å². The van der Waals surface area contributed by atoms with Crippen LogP contribution in [0.5, 0.6) is 5.75 Å². The van der Waals surface area contributed by atoms with E-state index in [9.17, 15) is 9.59 Å². The molecule has 6 nitrogen and oxygen atoms in total. The van der Waals surface area contributed by atoms with Crippen LogP contribution in [-0.2, 0) is 11.2 Å². The van der Waals surface area contributed by atoms with E-state index >= 15 is 0 Å². The maximum absolute atomic E-state index is 12.4. The van der Waals surface area contributed by atoms with Gasteiger partial charge in [-0.3, -0.25) is 9.59 Å². The van der Waals surface area contributed by atoms with Crippen molar-refractivity contribution in [3.8, 4) is 5.75 Å². The van der Waals surface area contributed by atoms with Crippen molar-refractivity contribution >= 4 is 39.1 Å². The van der Waals surface area contributed by atoms with Crippen LogP contribution >= 0.6 is 11.3 Å². The molecule has 0 saturated carbocycles. The molecule has 29 heavy (non-hydrogen) atoms. The minimum atomic E-state index is -0.126. The zero-order chi connectivity index (χ0) is 20.8. The second-order valence-electron chi connectivity index (χ2n) is 6.95. The van der Waals surface area contributed by atoms with Gasteiger partial charge < -0.3 is 15.0 Å². The van der Waals surface area contributed by atoms with Crippen molar-refractivity contribution in [3.05, 3.63) is 53.0 Å². The Labute approximate surface area is 174 Å². The molecule has 0 saturated heterocycles. The molecule has 1 aromatic heterocycles. The maximum Gasteiger partial charge on any atom is 0.253 e. The van der Waals surface area contributed by atoms with E-state index in [4.69, 9.17) is 4.74 Å². The lowest BCUT2D eigenvalue weighted by Crippen LogP contribution is -2.22. The lowest BCUT2D eigenvalue weighted by atomic mass is 10.1. The quantitative estimate of drug-likeness (QED) is 0.559. The summed E-state index contributed by atoms with van der Waals surface area (Å²) < 4.78 is 6.50. The van der Waals surface area contributed by atoms with Gasteiger partial charge in [0.15, 0.2) is 0 Å². The zero-order valence-electron chi connectivity index (χ0n) is 16.9. The molecule has 0 aliphatic heterocycles. The lowest BCUT2D eigenvalue weighted by molar-refractivity contribution is -0.116. The number of ether oxygens (including phenoxy) is 1. The number of hydrogen-bond donors (Lipinski definition) is 1. The van der Waals surface area contributed by atoms with Gasteiger partial charge in [0.2, 0.25) is 5.91 Å². The minimum Gasteiger partial charge on any atom is -0.495 e. The number of aromatic nitrogens is 1. The van der Waals surface area contributed by atoms with Crippen LogP contribution in [0, 0.1) is 0 Å². The molecule has 3 aromatic rings. The van der Waals surface area contributed by atoms with Crippen molar-refractivity contribution in [1.29, 1.82) is 0 Å². The summed E-state index contributed by atoms with van der Waals surface area (Å²) in [6.07, 6.45) is 2.92. The summed E-state index contributed by atoms with van der Waals surface area (Å²) in [4.78, 5) is 30.7. The first-order valence-electron chi connectivity index (χ1n) is 9.52. The molecular formula is C22H25N3O3S. The number of nitrogens with one attached hydrogen (secondary N) is 1. The molecule has 0 unspecified atom stereocenters. The predicted octanol–water partition coefficient (Wildman–Crippen LogP) is 4.36. The summed E-state index contributed by atoms with van der Waals surface area (Å²) in [5.74, 6) is 0.309. The number of rotatable bonds is 8. The Hall–Kier alpha value is -2.93. The highest BCUT2D eigenvalue weighted by atomic mass is 32.1. The highest BCUT2D eigenvalue weighted by molar-refractivity contribution is 7.18. The smallest absolute Gasteiger partial charge is 0.253 e. The molecule has 1 heterocycles. The Kier molecular flexibility index (Phi) is 6.82. The van der Waals surface area contributed by atoms with E-state index in [1.807, 2.05) is 18.2 Å². The Bertz CT molecular complexity index is 980. The van der Waals surface area contributed by atoms with E-state index in [0.717, 1.165) is 29.8 Å². The molecule has 152 valence electrons. The van der Waals surface area contributed by atoms with Crippen molar-refractivity contribution in [3.63, 3.8) is 0 Å². The number of carbonyl (C=O) groups is 2. The molecule has 1 N–H and O–H groups in total. The highest BCUT2D eigenvalue weighted by Crippen LogP contribution is 2.27. The highest BCUT2D eigenvalue weighted by Gasteiger charge is 2.14. The van der Waals surface area contributed by atoms with Gasteiger partial charge in [0.1, 0.15) is 5.75 Å². The molecule has 3 rings (SSSR count). The Morgan fingerprint density at radius 3 is 2.66 bits per heavy atom. The summed E-state index contributed by atoms with van der Waals surface area (Å²) in [5.41, 5.74) is 2.04. The largest absolute Gasteiger partial charge is 0.495 e. The summed E-state index contributed by atoms with van der Waals surface area (Å²) in [5, 5.41) is 3.97. The van der Waals surface area contributed by atoms with E-state index in [0.29, 0.717) is 23.4 Å². The zero-order valence-corrected chi connectivity index (χ0v) is 17.7. The van der Waals surface area contributed by atoms with Crippen molar-refractivity contribution in [2.45, 2.75) is 25.7 Å². The predicted molar refractivity (Wildman–Crippen MR) is 117 cm³/mol. The molecule has 0 aliphatic carbocycles. The molecule has 0 atom stereocenters. The van der Waals surface area contributed by atoms with Crippen molar-refractivity contribution < 1.29 is 14.3 Å². The van der Waals surface area contributed by atoms with Gasteiger partial charge in [0, 0.05) is 26.1 Å². The second kappa shape index (κ2) is 9.52. The summed E-state index contributed by atoms with van der Waals surface area (Å²) in [7, 11) is 4.92. The molecule has 0 aliphatic rings. The SMILES string of the molecule is COc1ccc(C(=O)N(C)C)cc1NC(=O)CCCCc1nc2ccccc2s1. The molecule has 2 aromatic carbocycles. The number of unbranched alkanes of at least 4 members (excludes halogenated alkanes) is 1. The molecule has 0 spiro atoms. The molecular weight excluding hydrogens is 386 g/mol. The van der Waals surface area contributed by atoms with E-state index in [2.05, 4.69) is 16.4 Å². The van der Waals surface area contributed by atoms with Crippen LogP contribution in [0.4, 0.5) is 5.69 Å². The first-order chi connectivity index (χ1) is 14.0. The minimum absolute atomic E-state index is 0.0953. The molecule has 0 bridgehead atoms. The number of thiazole rings is 1. The third-order valence-corrected chi connectivity index (χ3v) is 5.61. The molecule has 0 fully saturated rings. The molecule has 0 radical (unpaired) electrons. The van der Waals surface area contributed by atoms with E-state index in [1.165, 1.54) is 16.7 Å². The standard InChI is InChI=1S/C22H25N3O3S/c1-25(2)22(27)15-12-13-18(28-3)17(14-15)23-20(26)10-6-7-11-21-24-16-8-4-5-9-19(16)29-21/h4-5,8-9,12-14H,6-7,10-11H2,1-3H3,(H,23,26).